The maximum atomic E-state index is 12.1. The number of hydrogen-bond acceptors (Lipinski definition) is 3. The van der Waals surface area contributed by atoms with E-state index in [0.717, 1.165) is 10.0 Å². The lowest BCUT2D eigenvalue weighted by molar-refractivity contribution is 0.102. The fourth-order valence-electron chi connectivity index (χ4n) is 1.53. The normalized spacial score (nSPS) is 10.3. The summed E-state index contributed by atoms with van der Waals surface area (Å²) in [5, 5.41) is 3.06. The van der Waals surface area contributed by atoms with Gasteiger partial charge < -0.3 is 11.1 Å². The van der Waals surface area contributed by atoms with Gasteiger partial charge in [0.25, 0.3) is 5.91 Å². The summed E-state index contributed by atoms with van der Waals surface area (Å²) in [5.74, 6) is -0.309. The molecule has 2 rings (SSSR count). The molecule has 0 aliphatic rings. The van der Waals surface area contributed by atoms with Crippen LogP contribution in [-0.2, 0) is 0 Å². The Morgan fingerprint density at radius 2 is 2.21 bits per heavy atom. The molecule has 0 bridgehead atoms. The zero-order chi connectivity index (χ0) is 14.0. The van der Waals surface area contributed by atoms with Crippen molar-refractivity contribution in [2.45, 2.75) is 6.92 Å². The van der Waals surface area contributed by atoms with Crippen molar-refractivity contribution in [1.29, 1.82) is 0 Å². The molecule has 0 atom stereocenters. The Morgan fingerprint density at radius 1 is 1.47 bits per heavy atom. The molecule has 0 saturated carbocycles. The third-order valence-corrected chi connectivity index (χ3v) is 3.58. The molecule has 98 valence electrons. The predicted molar refractivity (Wildman–Crippen MR) is 80.5 cm³/mol. The van der Waals surface area contributed by atoms with E-state index in [1.165, 1.54) is 12.4 Å². The average Bonchev–Trinajstić information content (AvgIpc) is 2.36. The van der Waals surface area contributed by atoms with Gasteiger partial charge in [-0.2, -0.15) is 0 Å². The highest BCUT2D eigenvalue weighted by Gasteiger charge is 2.12. The van der Waals surface area contributed by atoms with Gasteiger partial charge >= 0.3 is 0 Å². The minimum absolute atomic E-state index is 0.302. The molecule has 0 unspecified atom stereocenters. The number of nitrogen functional groups attached to an aromatic ring is 1. The summed E-state index contributed by atoms with van der Waals surface area (Å²) >= 11 is 9.31. The second kappa shape index (κ2) is 5.59. The number of halogens is 2. The second-order valence-corrected chi connectivity index (χ2v) is 5.26. The smallest absolute Gasteiger partial charge is 0.257 e. The molecule has 6 heteroatoms. The first-order valence-corrected chi connectivity index (χ1v) is 6.62. The molecular weight excluding hydrogens is 330 g/mol. The SMILES string of the molecule is Cc1cc(Br)c(NC(=O)c2ccncc2Cl)cc1N. The summed E-state index contributed by atoms with van der Waals surface area (Å²) in [5.41, 5.74) is 8.33. The number of benzene rings is 1. The standard InChI is InChI=1S/C13H11BrClN3O/c1-7-4-9(14)12(5-11(7)16)18-13(19)8-2-3-17-6-10(8)15/h2-6H,16H2,1H3,(H,18,19). The van der Waals surface area contributed by atoms with E-state index in [0.29, 0.717) is 22.0 Å². The van der Waals surface area contributed by atoms with Crippen LogP contribution in [0.1, 0.15) is 15.9 Å². The molecule has 1 heterocycles. The van der Waals surface area contributed by atoms with Gasteiger partial charge in [0.15, 0.2) is 0 Å². The molecule has 0 radical (unpaired) electrons. The highest BCUT2D eigenvalue weighted by atomic mass is 79.9. The number of carbonyl (C=O) groups is 1. The third-order valence-electron chi connectivity index (χ3n) is 2.62. The molecule has 0 fully saturated rings. The van der Waals surface area contributed by atoms with Crippen molar-refractivity contribution >= 4 is 44.8 Å². The maximum Gasteiger partial charge on any atom is 0.257 e. The number of aromatic nitrogens is 1. The Hall–Kier alpha value is -1.59. The first-order chi connectivity index (χ1) is 8.99. The molecular formula is C13H11BrClN3O. The van der Waals surface area contributed by atoms with Gasteiger partial charge in [0, 0.05) is 22.6 Å². The van der Waals surface area contributed by atoms with Crippen LogP contribution in [0.4, 0.5) is 11.4 Å². The fraction of sp³-hybridized carbons (Fsp3) is 0.0769. The van der Waals surface area contributed by atoms with Crippen molar-refractivity contribution in [2.24, 2.45) is 0 Å². The third kappa shape index (κ3) is 3.05. The van der Waals surface area contributed by atoms with Crippen molar-refractivity contribution in [3.63, 3.8) is 0 Å². The summed E-state index contributed by atoms with van der Waals surface area (Å²) in [4.78, 5) is 15.9. The van der Waals surface area contributed by atoms with E-state index in [2.05, 4.69) is 26.2 Å². The van der Waals surface area contributed by atoms with E-state index in [1.807, 2.05) is 13.0 Å². The number of carbonyl (C=O) groups excluding carboxylic acids is 1. The van der Waals surface area contributed by atoms with Crippen LogP contribution >= 0.6 is 27.5 Å². The van der Waals surface area contributed by atoms with Gasteiger partial charge in [-0.1, -0.05) is 11.6 Å². The van der Waals surface area contributed by atoms with Gasteiger partial charge in [-0.05, 0) is 46.6 Å². The minimum atomic E-state index is -0.309. The average molecular weight is 341 g/mol. The van der Waals surface area contributed by atoms with Crippen molar-refractivity contribution in [1.82, 2.24) is 4.98 Å². The molecule has 1 amide bonds. The molecule has 4 nitrogen and oxygen atoms in total. The van der Waals surface area contributed by atoms with Crippen LogP contribution in [0.25, 0.3) is 0 Å². The van der Waals surface area contributed by atoms with Gasteiger partial charge in [-0.15, -0.1) is 0 Å². The van der Waals surface area contributed by atoms with Crippen LogP contribution in [0.5, 0.6) is 0 Å². The monoisotopic (exact) mass is 339 g/mol. The first-order valence-electron chi connectivity index (χ1n) is 5.45. The first kappa shape index (κ1) is 13.8. The van der Waals surface area contributed by atoms with Crippen molar-refractivity contribution < 1.29 is 4.79 Å². The van der Waals surface area contributed by atoms with E-state index in [9.17, 15) is 4.79 Å². The lowest BCUT2D eigenvalue weighted by atomic mass is 10.1. The van der Waals surface area contributed by atoms with Gasteiger partial charge in [0.2, 0.25) is 0 Å². The summed E-state index contributed by atoms with van der Waals surface area (Å²) in [6.07, 6.45) is 2.94. The van der Waals surface area contributed by atoms with E-state index in [4.69, 9.17) is 17.3 Å². The zero-order valence-electron chi connectivity index (χ0n) is 10.1. The number of aryl methyl sites for hydroxylation is 1. The van der Waals surface area contributed by atoms with Crippen LogP contribution in [0.2, 0.25) is 5.02 Å². The number of pyridine rings is 1. The zero-order valence-corrected chi connectivity index (χ0v) is 12.4. The molecule has 0 aliphatic carbocycles. The van der Waals surface area contributed by atoms with E-state index in [1.54, 1.807) is 12.1 Å². The summed E-state index contributed by atoms with van der Waals surface area (Å²) in [6.45, 7) is 1.89. The van der Waals surface area contributed by atoms with Gasteiger partial charge in [-0.25, -0.2) is 0 Å². The van der Waals surface area contributed by atoms with E-state index < -0.39 is 0 Å². The number of hydrogen-bond donors (Lipinski definition) is 2. The molecule has 2 aromatic rings. The molecule has 19 heavy (non-hydrogen) atoms. The summed E-state index contributed by atoms with van der Waals surface area (Å²) < 4.78 is 0.762. The summed E-state index contributed by atoms with van der Waals surface area (Å²) in [7, 11) is 0. The lowest BCUT2D eigenvalue weighted by Crippen LogP contribution is -2.13. The Morgan fingerprint density at radius 3 is 2.89 bits per heavy atom. The number of amides is 1. The topological polar surface area (TPSA) is 68.0 Å². The number of nitrogens with one attached hydrogen (secondary N) is 1. The minimum Gasteiger partial charge on any atom is -0.398 e. The molecule has 0 aliphatic heterocycles. The number of nitrogens with two attached hydrogens (primary N) is 1. The summed E-state index contributed by atoms with van der Waals surface area (Å²) in [6, 6.07) is 5.11. The quantitative estimate of drug-likeness (QED) is 0.820. The Balaban J connectivity index is 2.30. The number of anilines is 2. The Labute approximate surface area is 124 Å². The molecule has 1 aromatic heterocycles. The highest BCUT2D eigenvalue weighted by Crippen LogP contribution is 2.28. The van der Waals surface area contributed by atoms with Crippen LogP contribution < -0.4 is 11.1 Å². The van der Waals surface area contributed by atoms with Gasteiger partial charge in [0.05, 0.1) is 16.3 Å². The van der Waals surface area contributed by atoms with Crippen LogP contribution in [0.3, 0.4) is 0 Å². The lowest BCUT2D eigenvalue weighted by Gasteiger charge is -2.10. The van der Waals surface area contributed by atoms with Crippen LogP contribution in [0.15, 0.2) is 35.1 Å². The molecule has 0 saturated heterocycles. The predicted octanol–water partition coefficient (Wildman–Crippen LogP) is 3.64. The second-order valence-electron chi connectivity index (χ2n) is 4.00. The number of nitrogens with zero attached hydrogens (tertiary/aromatic N) is 1. The highest BCUT2D eigenvalue weighted by molar-refractivity contribution is 9.10. The van der Waals surface area contributed by atoms with Crippen molar-refractivity contribution in [3.05, 3.63) is 51.2 Å². The molecule has 1 aromatic carbocycles. The fourth-order valence-corrected chi connectivity index (χ4v) is 2.30. The Kier molecular flexibility index (Phi) is 4.07. The van der Waals surface area contributed by atoms with Crippen LogP contribution in [0, 0.1) is 6.92 Å². The largest absolute Gasteiger partial charge is 0.398 e. The van der Waals surface area contributed by atoms with Crippen LogP contribution in [-0.4, -0.2) is 10.9 Å². The van der Waals surface area contributed by atoms with Gasteiger partial charge in [-0.3, -0.25) is 9.78 Å². The Bertz CT molecular complexity index is 646. The number of rotatable bonds is 2. The van der Waals surface area contributed by atoms with E-state index >= 15 is 0 Å². The van der Waals surface area contributed by atoms with Gasteiger partial charge in [0.1, 0.15) is 0 Å². The molecule has 0 spiro atoms. The van der Waals surface area contributed by atoms with E-state index in [-0.39, 0.29) is 5.91 Å². The maximum absolute atomic E-state index is 12.1. The van der Waals surface area contributed by atoms with Crippen molar-refractivity contribution in [2.75, 3.05) is 11.1 Å². The van der Waals surface area contributed by atoms with Crippen molar-refractivity contribution in [3.8, 4) is 0 Å². The molecule has 3 N–H and O–H groups in total.